The number of sulfone groups is 1. The molecular formula is C11H7NO2S. The molecule has 0 aliphatic carbocycles. The summed E-state index contributed by atoms with van der Waals surface area (Å²) in [6.07, 6.45) is 0. The molecule has 0 amide bonds. The van der Waals surface area contributed by atoms with E-state index in [-0.39, 0.29) is 4.90 Å². The van der Waals surface area contributed by atoms with Crippen LogP contribution in [0.2, 0.25) is 0 Å². The molecule has 0 unspecified atom stereocenters. The maximum absolute atomic E-state index is 11.5. The van der Waals surface area contributed by atoms with Gasteiger partial charge in [0.2, 0.25) is 0 Å². The van der Waals surface area contributed by atoms with Gasteiger partial charge in [-0.25, -0.2) is 8.42 Å². The molecule has 0 aliphatic heterocycles. The van der Waals surface area contributed by atoms with Crippen molar-refractivity contribution >= 4 is 20.6 Å². The molecule has 2 rings (SSSR count). The minimum atomic E-state index is -3.82. The maximum Gasteiger partial charge on any atom is 0.270 e. The molecule has 0 bridgehead atoms. The Morgan fingerprint density at radius 2 is 1.67 bits per heavy atom. The van der Waals surface area contributed by atoms with Crippen LogP contribution in [-0.4, -0.2) is 8.42 Å². The lowest BCUT2D eigenvalue weighted by Crippen LogP contribution is -1.97. The van der Waals surface area contributed by atoms with Crippen molar-refractivity contribution in [1.29, 1.82) is 5.26 Å². The number of hydrogen-bond acceptors (Lipinski definition) is 3. The zero-order chi connectivity index (χ0) is 10.9. The van der Waals surface area contributed by atoms with Gasteiger partial charge >= 0.3 is 0 Å². The average Bonchev–Trinajstić information content (AvgIpc) is 2.28. The van der Waals surface area contributed by atoms with E-state index >= 15 is 0 Å². The summed E-state index contributed by atoms with van der Waals surface area (Å²) in [4.78, 5) is 0.0723. The lowest BCUT2D eigenvalue weighted by atomic mass is 10.1. The summed E-state index contributed by atoms with van der Waals surface area (Å²) in [6.45, 7) is 0. The van der Waals surface area contributed by atoms with Crippen molar-refractivity contribution in [3.8, 4) is 5.40 Å². The molecule has 0 aromatic heterocycles. The molecule has 0 spiro atoms. The first-order valence-electron chi connectivity index (χ1n) is 4.29. The van der Waals surface area contributed by atoms with E-state index in [1.165, 1.54) is 11.5 Å². The highest BCUT2D eigenvalue weighted by atomic mass is 32.2. The quantitative estimate of drug-likeness (QED) is 0.543. The number of thiocyanates is 1. The van der Waals surface area contributed by atoms with Gasteiger partial charge in [-0.1, -0.05) is 36.4 Å². The monoisotopic (exact) mass is 217 g/mol. The summed E-state index contributed by atoms with van der Waals surface area (Å²) in [5, 5.41) is 11.3. The first kappa shape index (κ1) is 9.69. The highest BCUT2D eigenvalue weighted by Crippen LogP contribution is 2.22. The van der Waals surface area contributed by atoms with E-state index < -0.39 is 9.84 Å². The zero-order valence-electron chi connectivity index (χ0n) is 7.71. The second kappa shape index (κ2) is 3.37. The fourth-order valence-corrected chi connectivity index (χ4v) is 2.31. The van der Waals surface area contributed by atoms with Crippen LogP contribution >= 0.6 is 0 Å². The van der Waals surface area contributed by atoms with Gasteiger partial charge in [0.05, 0.1) is 4.90 Å². The van der Waals surface area contributed by atoms with Crippen LogP contribution in [0.1, 0.15) is 0 Å². The highest BCUT2D eigenvalue weighted by Gasteiger charge is 2.15. The molecule has 0 heterocycles. The van der Waals surface area contributed by atoms with E-state index in [0.717, 1.165) is 5.39 Å². The maximum atomic E-state index is 11.5. The van der Waals surface area contributed by atoms with Gasteiger partial charge in [-0.05, 0) is 11.5 Å². The Kier molecular flexibility index (Phi) is 2.18. The molecule has 0 aliphatic rings. The Morgan fingerprint density at radius 3 is 2.40 bits per heavy atom. The molecule has 4 heteroatoms. The standard InChI is InChI=1S/C11H7NO2S/c12-8-15(13,14)11-7-3-5-9-4-1-2-6-10(9)11/h1-7H. The van der Waals surface area contributed by atoms with Crippen LogP contribution in [0.15, 0.2) is 47.4 Å². The van der Waals surface area contributed by atoms with E-state index in [2.05, 4.69) is 0 Å². The van der Waals surface area contributed by atoms with Crippen molar-refractivity contribution in [2.24, 2.45) is 0 Å². The van der Waals surface area contributed by atoms with Gasteiger partial charge in [0.25, 0.3) is 9.84 Å². The summed E-state index contributed by atoms with van der Waals surface area (Å²) in [6, 6.07) is 12.0. The molecule has 0 saturated heterocycles. The SMILES string of the molecule is N#CS(=O)(=O)c1cccc2ccccc12. The number of hydrogen-bond donors (Lipinski definition) is 0. The summed E-state index contributed by atoms with van der Waals surface area (Å²) in [5.74, 6) is 0. The third-order valence-corrected chi connectivity index (χ3v) is 3.33. The summed E-state index contributed by atoms with van der Waals surface area (Å²) in [5.41, 5.74) is 0. The molecule has 0 N–H and O–H groups in total. The van der Waals surface area contributed by atoms with Crippen molar-refractivity contribution in [3.05, 3.63) is 42.5 Å². The van der Waals surface area contributed by atoms with Gasteiger partial charge in [-0.15, -0.1) is 0 Å². The van der Waals surface area contributed by atoms with Crippen molar-refractivity contribution in [3.63, 3.8) is 0 Å². The minimum absolute atomic E-state index is 0.0723. The molecule has 0 atom stereocenters. The second-order valence-corrected chi connectivity index (χ2v) is 4.70. The Labute approximate surface area is 87.5 Å². The molecule has 0 radical (unpaired) electrons. The Morgan fingerprint density at radius 1 is 1.00 bits per heavy atom. The van der Waals surface area contributed by atoms with E-state index in [1.807, 2.05) is 18.2 Å². The number of fused-ring (bicyclic) bond motifs is 1. The van der Waals surface area contributed by atoms with Crippen molar-refractivity contribution in [2.45, 2.75) is 4.90 Å². The third-order valence-electron chi connectivity index (χ3n) is 2.16. The van der Waals surface area contributed by atoms with E-state index in [1.54, 1.807) is 18.2 Å². The van der Waals surface area contributed by atoms with Gasteiger partial charge in [-0.3, -0.25) is 0 Å². The van der Waals surface area contributed by atoms with Gasteiger partial charge in [-0.2, -0.15) is 5.26 Å². The Bertz CT molecular complexity index is 648. The largest absolute Gasteiger partial charge is 0.270 e. The van der Waals surface area contributed by atoms with E-state index in [9.17, 15) is 8.42 Å². The summed E-state index contributed by atoms with van der Waals surface area (Å²) < 4.78 is 22.9. The van der Waals surface area contributed by atoms with Crippen LogP contribution in [0.3, 0.4) is 0 Å². The van der Waals surface area contributed by atoms with Gasteiger partial charge in [0.1, 0.15) is 0 Å². The first-order chi connectivity index (χ1) is 7.15. The molecule has 3 nitrogen and oxygen atoms in total. The summed E-state index contributed by atoms with van der Waals surface area (Å²) >= 11 is 0. The van der Waals surface area contributed by atoms with Crippen molar-refractivity contribution < 1.29 is 8.42 Å². The third kappa shape index (κ3) is 1.58. The number of nitrogens with zero attached hydrogens (tertiary/aromatic N) is 1. The van der Waals surface area contributed by atoms with Crippen LogP contribution < -0.4 is 0 Å². The minimum Gasteiger partial charge on any atom is -0.208 e. The molecule has 0 fully saturated rings. The number of rotatable bonds is 1. The van der Waals surface area contributed by atoms with Crippen LogP contribution in [0.5, 0.6) is 0 Å². The number of nitriles is 1. The van der Waals surface area contributed by atoms with Gasteiger partial charge in [0, 0.05) is 5.39 Å². The van der Waals surface area contributed by atoms with Crippen molar-refractivity contribution in [2.75, 3.05) is 0 Å². The molecule has 2 aromatic carbocycles. The number of benzene rings is 2. The topological polar surface area (TPSA) is 57.9 Å². The van der Waals surface area contributed by atoms with Crippen LogP contribution in [0, 0.1) is 10.7 Å². The Balaban J connectivity index is 2.91. The molecule has 0 saturated carbocycles. The highest BCUT2D eigenvalue weighted by molar-refractivity contribution is 7.96. The van der Waals surface area contributed by atoms with Gasteiger partial charge in [0.15, 0.2) is 5.40 Å². The lowest BCUT2D eigenvalue weighted by molar-refractivity contribution is 0.606. The lowest BCUT2D eigenvalue weighted by Gasteiger charge is -2.01. The van der Waals surface area contributed by atoms with E-state index in [4.69, 9.17) is 5.26 Å². The zero-order valence-corrected chi connectivity index (χ0v) is 8.53. The predicted molar refractivity (Wildman–Crippen MR) is 56.7 cm³/mol. The fraction of sp³-hybridized carbons (Fsp3) is 0. The van der Waals surface area contributed by atoms with Crippen LogP contribution in [0.25, 0.3) is 10.8 Å². The molecule has 15 heavy (non-hydrogen) atoms. The van der Waals surface area contributed by atoms with E-state index in [0.29, 0.717) is 5.39 Å². The summed E-state index contributed by atoms with van der Waals surface area (Å²) in [7, 11) is -3.82. The molecule has 74 valence electrons. The van der Waals surface area contributed by atoms with Crippen molar-refractivity contribution in [1.82, 2.24) is 0 Å². The second-order valence-electron chi connectivity index (χ2n) is 3.07. The Hall–Kier alpha value is -1.86. The normalized spacial score (nSPS) is 11.1. The smallest absolute Gasteiger partial charge is 0.208 e. The predicted octanol–water partition coefficient (Wildman–Crippen LogP) is 2.09. The van der Waals surface area contributed by atoms with Crippen LogP contribution in [-0.2, 0) is 9.84 Å². The van der Waals surface area contributed by atoms with Gasteiger partial charge < -0.3 is 0 Å². The molecule has 2 aromatic rings. The molecular weight excluding hydrogens is 210 g/mol. The first-order valence-corrected chi connectivity index (χ1v) is 5.77. The van der Waals surface area contributed by atoms with Crippen LogP contribution in [0.4, 0.5) is 0 Å². The average molecular weight is 217 g/mol. The fourth-order valence-electron chi connectivity index (χ4n) is 1.48.